The van der Waals surface area contributed by atoms with Crippen molar-refractivity contribution in [2.45, 2.75) is 64.6 Å². The molecule has 2 amide bonds. The van der Waals surface area contributed by atoms with Gasteiger partial charge in [-0.2, -0.15) is 0 Å². The van der Waals surface area contributed by atoms with E-state index in [1.54, 1.807) is 32.2 Å². The molecule has 0 N–H and O–H groups in total. The summed E-state index contributed by atoms with van der Waals surface area (Å²) in [6.07, 6.45) is 2.15. The molecule has 2 aliphatic rings. The minimum atomic E-state index is -0.879. The van der Waals surface area contributed by atoms with Gasteiger partial charge in [0.1, 0.15) is 11.5 Å². The number of ether oxygens (including phenoxy) is 3. The Labute approximate surface area is 183 Å². The highest BCUT2D eigenvalue weighted by molar-refractivity contribution is 6.01. The zero-order chi connectivity index (χ0) is 22.7. The lowest BCUT2D eigenvalue weighted by molar-refractivity contribution is -0.164. The third-order valence-corrected chi connectivity index (χ3v) is 6.22. The average Bonchev–Trinajstić information content (AvgIpc) is 3.14. The van der Waals surface area contributed by atoms with Crippen molar-refractivity contribution < 1.29 is 28.6 Å². The Hall–Kier alpha value is -2.77. The van der Waals surface area contributed by atoms with E-state index in [-0.39, 0.29) is 36.9 Å². The number of rotatable bonds is 6. The zero-order valence-electron chi connectivity index (χ0n) is 18.9. The highest BCUT2D eigenvalue weighted by atomic mass is 16.5. The predicted molar refractivity (Wildman–Crippen MR) is 115 cm³/mol. The van der Waals surface area contributed by atoms with Gasteiger partial charge in [0.25, 0.3) is 5.91 Å². The summed E-state index contributed by atoms with van der Waals surface area (Å²) in [5.41, 5.74) is 0.573. The van der Waals surface area contributed by atoms with E-state index in [0.717, 1.165) is 19.3 Å². The van der Waals surface area contributed by atoms with Gasteiger partial charge in [0.2, 0.25) is 5.91 Å². The van der Waals surface area contributed by atoms with Gasteiger partial charge < -0.3 is 24.0 Å². The molecule has 2 saturated heterocycles. The van der Waals surface area contributed by atoms with Crippen molar-refractivity contribution in [3.05, 3.63) is 18.2 Å². The smallest absolute Gasteiger partial charge is 0.312 e. The second-order valence-electron chi connectivity index (χ2n) is 8.40. The van der Waals surface area contributed by atoms with Crippen LogP contribution in [0, 0.1) is 5.92 Å². The molecule has 1 aromatic carbocycles. The Kier molecular flexibility index (Phi) is 7.08. The number of methoxy groups -OCH3 is 2. The molecule has 2 aliphatic heterocycles. The monoisotopic (exact) mass is 432 g/mol. The molecule has 0 radical (unpaired) electrons. The van der Waals surface area contributed by atoms with Gasteiger partial charge in [0, 0.05) is 31.1 Å². The van der Waals surface area contributed by atoms with Gasteiger partial charge in [0.05, 0.1) is 25.8 Å². The van der Waals surface area contributed by atoms with Crippen LogP contribution in [0.2, 0.25) is 0 Å². The maximum atomic E-state index is 12.9. The molecule has 0 bridgehead atoms. The average molecular weight is 433 g/mol. The van der Waals surface area contributed by atoms with E-state index < -0.39 is 18.0 Å². The van der Waals surface area contributed by atoms with E-state index in [4.69, 9.17) is 14.2 Å². The second-order valence-corrected chi connectivity index (χ2v) is 8.40. The van der Waals surface area contributed by atoms with Crippen molar-refractivity contribution in [1.29, 1.82) is 0 Å². The van der Waals surface area contributed by atoms with E-state index in [0.29, 0.717) is 17.2 Å². The summed E-state index contributed by atoms with van der Waals surface area (Å²) in [7, 11) is 3.07. The van der Waals surface area contributed by atoms with Crippen LogP contribution < -0.4 is 14.4 Å². The predicted octanol–water partition coefficient (Wildman–Crippen LogP) is 2.78. The fourth-order valence-corrected chi connectivity index (χ4v) is 4.49. The summed E-state index contributed by atoms with van der Waals surface area (Å²) >= 11 is 0. The molecule has 8 nitrogen and oxygen atoms in total. The molecule has 8 heteroatoms. The molecule has 0 aromatic heterocycles. The number of likely N-dealkylation sites (tertiary alicyclic amines) is 1. The molecular weight excluding hydrogens is 400 g/mol. The summed E-state index contributed by atoms with van der Waals surface area (Å²) < 4.78 is 16.1. The number of benzene rings is 1. The fraction of sp³-hybridized carbons (Fsp3) is 0.609. The first-order chi connectivity index (χ1) is 14.8. The third kappa shape index (κ3) is 4.78. The maximum absolute atomic E-state index is 12.9. The molecule has 4 atom stereocenters. The molecule has 0 spiro atoms. The van der Waals surface area contributed by atoms with E-state index in [9.17, 15) is 14.4 Å². The van der Waals surface area contributed by atoms with Crippen LogP contribution in [0.5, 0.6) is 11.5 Å². The van der Waals surface area contributed by atoms with Gasteiger partial charge in [0.15, 0.2) is 6.10 Å². The number of amides is 2. The zero-order valence-corrected chi connectivity index (χ0v) is 18.9. The number of carbonyl (C=O) groups is 3. The fourth-order valence-electron chi connectivity index (χ4n) is 4.49. The Morgan fingerprint density at radius 3 is 2.39 bits per heavy atom. The molecule has 0 aliphatic carbocycles. The van der Waals surface area contributed by atoms with E-state index >= 15 is 0 Å². The molecule has 0 saturated carbocycles. The number of nitrogens with zero attached hydrogens (tertiary/aromatic N) is 2. The summed E-state index contributed by atoms with van der Waals surface area (Å²) in [4.78, 5) is 41.6. The topological polar surface area (TPSA) is 85.4 Å². The van der Waals surface area contributed by atoms with Crippen LogP contribution in [-0.2, 0) is 19.1 Å². The van der Waals surface area contributed by atoms with Gasteiger partial charge in [-0.1, -0.05) is 0 Å². The standard InChI is InChI=1S/C23H32N2O6/c1-14-7-6-8-15(2)25(14)22(27)16(3)31-23(28)17-11-21(26)24(13-17)19-10-9-18(29-4)12-20(19)30-5/h9-10,12,14-17H,6-8,11,13H2,1-5H3/t14-,15+,16-,17+/m0/s1. The van der Waals surface area contributed by atoms with Crippen LogP contribution >= 0.6 is 0 Å². The summed E-state index contributed by atoms with van der Waals surface area (Å²) in [6, 6.07) is 5.41. The number of carbonyl (C=O) groups excluding carboxylic acids is 3. The van der Waals surface area contributed by atoms with Crippen LogP contribution in [0.1, 0.15) is 46.5 Å². The lowest BCUT2D eigenvalue weighted by Gasteiger charge is -2.40. The Balaban J connectivity index is 1.66. The summed E-state index contributed by atoms with van der Waals surface area (Å²) in [6.45, 7) is 5.84. The number of piperidine rings is 1. The molecule has 170 valence electrons. The van der Waals surface area contributed by atoms with Crippen molar-refractivity contribution in [2.75, 3.05) is 25.7 Å². The summed E-state index contributed by atoms with van der Waals surface area (Å²) in [5, 5.41) is 0. The lowest BCUT2D eigenvalue weighted by atomic mass is 9.97. The van der Waals surface area contributed by atoms with Gasteiger partial charge in [-0.25, -0.2) is 0 Å². The molecular formula is C23H32N2O6. The quantitative estimate of drug-likeness (QED) is 0.643. The number of hydrogen-bond acceptors (Lipinski definition) is 6. The van der Waals surface area contributed by atoms with Crippen LogP contribution in [0.3, 0.4) is 0 Å². The molecule has 3 rings (SSSR count). The van der Waals surface area contributed by atoms with Crippen LogP contribution in [0.4, 0.5) is 5.69 Å². The highest BCUT2D eigenvalue weighted by Gasteiger charge is 2.39. The number of hydrogen-bond donors (Lipinski definition) is 0. The first-order valence-corrected chi connectivity index (χ1v) is 10.8. The maximum Gasteiger partial charge on any atom is 0.312 e. The van der Waals surface area contributed by atoms with E-state index in [2.05, 4.69) is 0 Å². The van der Waals surface area contributed by atoms with Gasteiger partial charge in [-0.15, -0.1) is 0 Å². The third-order valence-electron chi connectivity index (χ3n) is 6.22. The second kappa shape index (κ2) is 9.58. The highest BCUT2D eigenvalue weighted by Crippen LogP contribution is 2.36. The largest absolute Gasteiger partial charge is 0.497 e. The first-order valence-electron chi connectivity index (χ1n) is 10.8. The van der Waals surface area contributed by atoms with E-state index in [1.165, 1.54) is 12.0 Å². The normalized spacial score (nSPS) is 24.7. The minimum absolute atomic E-state index is 0.0332. The number of anilines is 1. The minimum Gasteiger partial charge on any atom is -0.497 e. The lowest BCUT2D eigenvalue weighted by Crippen LogP contribution is -2.51. The van der Waals surface area contributed by atoms with E-state index in [1.807, 2.05) is 18.7 Å². The van der Waals surface area contributed by atoms with Gasteiger partial charge >= 0.3 is 5.97 Å². The number of esters is 1. The molecule has 31 heavy (non-hydrogen) atoms. The molecule has 2 fully saturated rings. The van der Waals surface area contributed by atoms with Crippen LogP contribution in [0.15, 0.2) is 18.2 Å². The Morgan fingerprint density at radius 2 is 1.77 bits per heavy atom. The molecule has 2 heterocycles. The van der Waals surface area contributed by atoms with Crippen molar-refractivity contribution in [3.8, 4) is 11.5 Å². The van der Waals surface area contributed by atoms with Gasteiger partial charge in [-0.05, 0) is 52.2 Å². The van der Waals surface area contributed by atoms with Crippen LogP contribution in [-0.4, -0.2) is 61.6 Å². The van der Waals surface area contributed by atoms with Crippen molar-refractivity contribution >= 4 is 23.5 Å². The van der Waals surface area contributed by atoms with Crippen LogP contribution in [0.25, 0.3) is 0 Å². The molecule has 1 aromatic rings. The molecule has 0 unspecified atom stereocenters. The first kappa shape index (κ1) is 22.9. The SMILES string of the molecule is COc1ccc(N2C[C@H](C(=O)O[C@@H](C)C(=O)N3[C@H](C)CCC[C@@H]3C)CC2=O)c(OC)c1. The van der Waals surface area contributed by atoms with Crippen molar-refractivity contribution in [2.24, 2.45) is 5.92 Å². The van der Waals surface area contributed by atoms with Crippen molar-refractivity contribution in [3.63, 3.8) is 0 Å². The van der Waals surface area contributed by atoms with Crippen molar-refractivity contribution in [1.82, 2.24) is 4.90 Å². The Bertz CT molecular complexity index is 831. The van der Waals surface area contributed by atoms with Gasteiger partial charge in [-0.3, -0.25) is 14.4 Å². The summed E-state index contributed by atoms with van der Waals surface area (Å²) in [5.74, 6) is -0.434. The Morgan fingerprint density at radius 1 is 1.10 bits per heavy atom.